The number of carbonyl (C=O) groups excluding carboxylic acids is 1. The number of hydrogen-bond donors (Lipinski definition) is 1. The minimum Gasteiger partial charge on any atom is -0.320 e. The Morgan fingerprint density at radius 1 is 1.09 bits per heavy atom. The quantitative estimate of drug-likeness (QED) is 0.476. The van der Waals surface area contributed by atoms with Crippen molar-refractivity contribution in [3.63, 3.8) is 0 Å². The molecule has 0 aliphatic rings. The molecule has 4 rings (SSSR count). The van der Waals surface area contributed by atoms with Gasteiger partial charge in [0.2, 0.25) is 0 Å². The van der Waals surface area contributed by atoms with E-state index < -0.39 is 29.4 Å². The minimum absolute atomic E-state index is 0.100. The number of alkyl halides is 3. The monoisotopic (exact) mass is 461 g/mol. The molecule has 3 heterocycles. The van der Waals surface area contributed by atoms with Crippen molar-refractivity contribution in [2.75, 3.05) is 5.32 Å². The first kappa shape index (κ1) is 21.5. The second kappa shape index (κ2) is 8.42. The Hall–Kier alpha value is -3.73. The van der Waals surface area contributed by atoms with Crippen molar-refractivity contribution >= 4 is 23.2 Å². The Morgan fingerprint density at radius 3 is 2.41 bits per heavy atom. The summed E-state index contributed by atoms with van der Waals surface area (Å²) >= 11 is 6.16. The van der Waals surface area contributed by atoms with E-state index in [0.29, 0.717) is 5.56 Å². The Labute approximate surface area is 184 Å². The van der Waals surface area contributed by atoms with Crippen molar-refractivity contribution in [1.29, 1.82) is 0 Å². The first-order chi connectivity index (χ1) is 15.3. The van der Waals surface area contributed by atoms with Crippen LogP contribution in [0.3, 0.4) is 0 Å². The minimum atomic E-state index is -4.81. The molecule has 0 saturated carbocycles. The number of benzene rings is 1. The predicted octanol–water partition coefficient (Wildman–Crippen LogP) is 4.39. The molecule has 0 spiro atoms. The van der Waals surface area contributed by atoms with Gasteiger partial charge < -0.3 is 5.32 Å². The zero-order valence-electron chi connectivity index (χ0n) is 16.5. The molecule has 12 heteroatoms. The lowest BCUT2D eigenvalue weighted by Crippen LogP contribution is -2.23. The molecule has 0 saturated heterocycles. The van der Waals surface area contributed by atoms with Gasteiger partial charge in [0.1, 0.15) is 0 Å². The Bertz CT molecular complexity index is 1240. The van der Waals surface area contributed by atoms with Crippen LogP contribution in [-0.4, -0.2) is 35.7 Å². The smallest absolute Gasteiger partial charge is 0.320 e. The standard InChI is InChI=1S/C20H15ClF3N7O/c1-12(13-5-3-2-4-6-13)30-17(20(22,23)24)15(11-28-30)19(32)29-14-9-16(21)18(25-10-14)31-26-7-8-27-31/h2-12H,1H3,(H,29,32). The van der Waals surface area contributed by atoms with Gasteiger partial charge in [0, 0.05) is 0 Å². The number of amides is 1. The third-order valence-corrected chi connectivity index (χ3v) is 4.92. The lowest BCUT2D eigenvalue weighted by molar-refractivity contribution is -0.144. The fourth-order valence-electron chi connectivity index (χ4n) is 3.15. The summed E-state index contributed by atoms with van der Waals surface area (Å²) in [6.07, 6.45) is 0.194. The van der Waals surface area contributed by atoms with Gasteiger partial charge in [0.05, 0.1) is 47.1 Å². The maximum absolute atomic E-state index is 13.9. The number of halogens is 4. The van der Waals surface area contributed by atoms with Gasteiger partial charge in [0.15, 0.2) is 11.5 Å². The molecule has 1 unspecified atom stereocenters. The molecule has 0 bridgehead atoms. The molecule has 4 aromatic rings. The number of nitrogens with zero attached hydrogens (tertiary/aromatic N) is 6. The lowest BCUT2D eigenvalue weighted by atomic mass is 10.1. The van der Waals surface area contributed by atoms with Crippen molar-refractivity contribution in [3.05, 3.63) is 83.0 Å². The van der Waals surface area contributed by atoms with E-state index in [-0.39, 0.29) is 16.5 Å². The van der Waals surface area contributed by atoms with Gasteiger partial charge >= 0.3 is 6.18 Å². The number of anilines is 1. The maximum atomic E-state index is 13.9. The van der Waals surface area contributed by atoms with Crippen LogP contribution in [0.5, 0.6) is 0 Å². The molecule has 1 atom stereocenters. The van der Waals surface area contributed by atoms with Crippen LogP contribution in [0.4, 0.5) is 18.9 Å². The second-order valence-electron chi connectivity index (χ2n) is 6.74. The van der Waals surface area contributed by atoms with E-state index in [1.54, 1.807) is 37.3 Å². The van der Waals surface area contributed by atoms with Crippen LogP contribution in [0.15, 0.2) is 61.2 Å². The zero-order valence-corrected chi connectivity index (χ0v) is 17.2. The third-order valence-electron chi connectivity index (χ3n) is 4.65. The lowest BCUT2D eigenvalue weighted by Gasteiger charge is -2.18. The van der Waals surface area contributed by atoms with Gasteiger partial charge in [-0.05, 0) is 18.6 Å². The average Bonchev–Trinajstić information content (AvgIpc) is 3.44. The normalized spacial score (nSPS) is 12.5. The highest BCUT2D eigenvalue weighted by atomic mass is 35.5. The van der Waals surface area contributed by atoms with Gasteiger partial charge in [-0.15, -0.1) is 4.80 Å². The number of carbonyl (C=O) groups is 1. The Morgan fingerprint density at radius 2 is 1.78 bits per heavy atom. The Kier molecular flexibility index (Phi) is 5.66. The van der Waals surface area contributed by atoms with Crippen LogP contribution in [-0.2, 0) is 6.18 Å². The highest BCUT2D eigenvalue weighted by molar-refractivity contribution is 6.32. The van der Waals surface area contributed by atoms with E-state index in [2.05, 4.69) is 25.6 Å². The molecule has 164 valence electrons. The Balaban J connectivity index is 1.64. The summed E-state index contributed by atoms with van der Waals surface area (Å²) < 4.78 is 42.5. The molecule has 0 fully saturated rings. The molecule has 1 N–H and O–H groups in total. The van der Waals surface area contributed by atoms with Gasteiger partial charge in [-0.1, -0.05) is 41.9 Å². The fraction of sp³-hybridized carbons (Fsp3) is 0.150. The molecule has 8 nitrogen and oxygen atoms in total. The van der Waals surface area contributed by atoms with E-state index >= 15 is 0 Å². The molecular weight excluding hydrogens is 447 g/mol. The summed E-state index contributed by atoms with van der Waals surface area (Å²) in [6.45, 7) is 1.57. The van der Waals surface area contributed by atoms with Crippen LogP contribution in [0.25, 0.3) is 5.82 Å². The molecule has 0 aliphatic heterocycles. The number of hydrogen-bond acceptors (Lipinski definition) is 5. The largest absolute Gasteiger partial charge is 0.433 e. The van der Waals surface area contributed by atoms with Crippen molar-refractivity contribution in [3.8, 4) is 5.82 Å². The number of pyridine rings is 1. The van der Waals surface area contributed by atoms with Crippen molar-refractivity contribution in [2.45, 2.75) is 19.1 Å². The van der Waals surface area contributed by atoms with Crippen LogP contribution in [0.2, 0.25) is 5.02 Å². The number of nitrogens with one attached hydrogen (secondary N) is 1. The maximum Gasteiger partial charge on any atom is 0.433 e. The second-order valence-corrected chi connectivity index (χ2v) is 7.15. The molecule has 0 aliphatic carbocycles. The van der Waals surface area contributed by atoms with E-state index in [1.165, 1.54) is 29.5 Å². The summed E-state index contributed by atoms with van der Waals surface area (Å²) in [5.41, 5.74) is -1.04. The molecule has 32 heavy (non-hydrogen) atoms. The fourth-order valence-corrected chi connectivity index (χ4v) is 3.39. The molecule has 0 radical (unpaired) electrons. The van der Waals surface area contributed by atoms with Gasteiger partial charge in [-0.2, -0.15) is 28.5 Å². The molecule has 1 amide bonds. The van der Waals surface area contributed by atoms with Crippen molar-refractivity contribution < 1.29 is 18.0 Å². The number of rotatable bonds is 5. The summed E-state index contributed by atoms with van der Waals surface area (Å²) in [7, 11) is 0. The van der Waals surface area contributed by atoms with E-state index in [1.807, 2.05) is 0 Å². The average molecular weight is 462 g/mol. The number of aromatic nitrogens is 6. The van der Waals surface area contributed by atoms with E-state index in [0.717, 1.165) is 10.9 Å². The van der Waals surface area contributed by atoms with Gasteiger partial charge in [-0.25, -0.2) is 4.98 Å². The first-order valence-corrected chi connectivity index (χ1v) is 9.66. The summed E-state index contributed by atoms with van der Waals surface area (Å²) in [4.78, 5) is 17.9. The predicted molar refractivity (Wildman–Crippen MR) is 110 cm³/mol. The van der Waals surface area contributed by atoms with Crippen LogP contribution >= 0.6 is 11.6 Å². The van der Waals surface area contributed by atoms with Gasteiger partial charge in [0.25, 0.3) is 5.91 Å². The van der Waals surface area contributed by atoms with Crippen molar-refractivity contribution in [1.82, 2.24) is 29.8 Å². The van der Waals surface area contributed by atoms with Crippen molar-refractivity contribution in [2.24, 2.45) is 0 Å². The van der Waals surface area contributed by atoms with E-state index in [4.69, 9.17) is 11.6 Å². The zero-order chi connectivity index (χ0) is 22.9. The first-order valence-electron chi connectivity index (χ1n) is 9.29. The topological polar surface area (TPSA) is 90.5 Å². The third kappa shape index (κ3) is 4.19. The van der Waals surface area contributed by atoms with Crippen LogP contribution in [0, 0.1) is 0 Å². The molecule has 3 aromatic heterocycles. The highest BCUT2D eigenvalue weighted by Gasteiger charge is 2.41. The highest BCUT2D eigenvalue weighted by Crippen LogP contribution is 2.35. The molecule has 1 aromatic carbocycles. The summed E-state index contributed by atoms with van der Waals surface area (Å²) in [6, 6.07) is 9.17. The summed E-state index contributed by atoms with van der Waals surface area (Å²) in [5.74, 6) is -0.790. The van der Waals surface area contributed by atoms with Crippen LogP contribution < -0.4 is 5.32 Å². The SMILES string of the molecule is CC(c1ccccc1)n1ncc(C(=O)Nc2cnc(-n3nccn3)c(Cl)c2)c1C(F)(F)F. The summed E-state index contributed by atoms with van der Waals surface area (Å²) in [5, 5.41) is 14.2. The van der Waals surface area contributed by atoms with E-state index in [9.17, 15) is 18.0 Å². The van der Waals surface area contributed by atoms with Gasteiger partial charge in [-0.3, -0.25) is 9.48 Å². The van der Waals surface area contributed by atoms with Crippen LogP contribution in [0.1, 0.15) is 34.6 Å². The molecular formula is C20H15ClF3N7O.